The highest BCUT2D eigenvalue weighted by atomic mass is 16.2. The van der Waals surface area contributed by atoms with Crippen molar-refractivity contribution in [3.8, 4) is 5.69 Å². The van der Waals surface area contributed by atoms with Crippen LogP contribution in [-0.2, 0) is 17.8 Å². The van der Waals surface area contributed by atoms with Crippen molar-refractivity contribution in [1.82, 2.24) is 9.47 Å². The molecule has 5 nitrogen and oxygen atoms in total. The van der Waals surface area contributed by atoms with Gasteiger partial charge in [-0.15, -0.1) is 0 Å². The van der Waals surface area contributed by atoms with E-state index in [0.29, 0.717) is 12.1 Å². The number of amides is 3. The van der Waals surface area contributed by atoms with Gasteiger partial charge in [0.1, 0.15) is 5.71 Å². The number of hydrogen-bond donors (Lipinski definition) is 0. The highest BCUT2D eigenvalue weighted by Gasteiger charge is 2.33. The van der Waals surface area contributed by atoms with Gasteiger partial charge in [-0.05, 0) is 53.9 Å². The number of benzene rings is 3. The Kier molecular flexibility index (Phi) is 4.94. The molecule has 0 atom stereocenters. The Morgan fingerprint density at radius 2 is 1.53 bits per heavy atom. The second-order valence-electron chi connectivity index (χ2n) is 8.16. The van der Waals surface area contributed by atoms with Gasteiger partial charge in [-0.2, -0.15) is 4.99 Å². The zero-order chi connectivity index (χ0) is 22.2. The number of hydrogen-bond acceptors (Lipinski definition) is 2. The minimum atomic E-state index is -0.489. The van der Waals surface area contributed by atoms with E-state index < -0.39 is 6.03 Å². The molecule has 0 spiro atoms. The van der Waals surface area contributed by atoms with Gasteiger partial charge in [0, 0.05) is 23.5 Å². The molecule has 1 aromatic heterocycles. The molecular formula is C27H23N3O2. The van der Waals surface area contributed by atoms with Gasteiger partial charge in [0.25, 0.3) is 5.91 Å². The van der Waals surface area contributed by atoms with Crippen molar-refractivity contribution in [3.63, 3.8) is 0 Å². The van der Waals surface area contributed by atoms with E-state index in [1.807, 2.05) is 49.4 Å². The van der Waals surface area contributed by atoms with Crippen molar-refractivity contribution >= 4 is 28.4 Å². The molecule has 1 aliphatic heterocycles. The Hall–Kier alpha value is -3.99. The molecule has 0 N–H and O–H groups in total. The number of carbonyl (C=O) groups is 2. The largest absolute Gasteiger partial charge is 0.351 e. The molecule has 0 saturated heterocycles. The fourth-order valence-electron chi connectivity index (χ4n) is 4.39. The summed E-state index contributed by atoms with van der Waals surface area (Å²) in [6.07, 6.45) is 0.336. The maximum Gasteiger partial charge on any atom is 0.351 e. The second-order valence-corrected chi connectivity index (χ2v) is 8.16. The van der Waals surface area contributed by atoms with Gasteiger partial charge in [0.05, 0.1) is 6.54 Å². The SMILES string of the molecule is Cc1cc(CC2=NC(=O)N(Cc3ccccc3)C2=O)c(C)n1-c1ccc2ccccc2c1. The normalized spacial score (nSPS) is 13.8. The summed E-state index contributed by atoms with van der Waals surface area (Å²) < 4.78 is 2.19. The molecule has 3 aromatic carbocycles. The molecule has 4 aromatic rings. The highest BCUT2D eigenvalue weighted by Crippen LogP contribution is 2.25. The Morgan fingerprint density at radius 3 is 2.31 bits per heavy atom. The molecule has 0 saturated carbocycles. The molecule has 0 fully saturated rings. The topological polar surface area (TPSA) is 54.7 Å². The monoisotopic (exact) mass is 421 g/mol. The molecule has 0 unspecified atom stereocenters. The van der Waals surface area contributed by atoms with E-state index in [0.717, 1.165) is 28.2 Å². The molecule has 0 bridgehead atoms. The van der Waals surface area contributed by atoms with Crippen LogP contribution in [0.4, 0.5) is 4.79 Å². The smallest absolute Gasteiger partial charge is 0.318 e. The van der Waals surface area contributed by atoms with Crippen LogP contribution < -0.4 is 0 Å². The van der Waals surface area contributed by atoms with E-state index >= 15 is 0 Å². The zero-order valence-electron chi connectivity index (χ0n) is 18.1. The standard InChI is InChI=1S/C27H23N3O2/c1-18-14-23(19(2)30(18)24-13-12-21-10-6-7-11-22(21)15-24)16-25-26(31)29(27(32)28-25)17-20-8-4-3-5-9-20/h3-15H,16-17H2,1-2H3. The number of imide groups is 1. The third-order valence-electron chi connectivity index (χ3n) is 6.02. The number of aromatic nitrogens is 1. The number of nitrogens with zero attached hydrogens (tertiary/aromatic N) is 3. The minimum Gasteiger partial charge on any atom is -0.318 e. The quantitative estimate of drug-likeness (QED) is 0.434. The van der Waals surface area contributed by atoms with Crippen molar-refractivity contribution in [2.24, 2.45) is 4.99 Å². The van der Waals surface area contributed by atoms with Crippen LogP contribution in [0.15, 0.2) is 83.9 Å². The number of aryl methyl sites for hydroxylation is 1. The summed E-state index contributed by atoms with van der Waals surface area (Å²) in [7, 11) is 0. The lowest BCUT2D eigenvalue weighted by molar-refractivity contribution is -0.121. The second kappa shape index (κ2) is 7.93. The minimum absolute atomic E-state index is 0.238. The van der Waals surface area contributed by atoms with Gasteiger partial charge in [-0.25, -0.2) is 4.79 Å². The lowest BCUT2D eigenvalue weighted by Crippen LogP contribution is -2.32. The average Bonchev–Trinajstić information content (AvgIpc) is 3.23. The molecular weight excluding hydrogens is 398 g/mol. The van der Waals surface area contributed by atoms with E-state index in [2.05, 4.69) is 52.9 Å². The number of rotatable bonds is 5. The number of aliphatic imine (C=N–C) groups is 1. The maximum absolute atomic E-state index is 12.9. The number of carbonyl (C=O) groups excluding carboxylic acids is 2. The third kappa shape index (κ3) is 3.52. The van der Waals surface area contributed by atoms with Crippen molar-refractivity contribution in [2.45, 2.75) is 26.8 Å². The van der Waals surface area contributed by atoms with Crippen LogP contribution in [0.2, 0.25) is 0 Å². The van der Waals surface area contributed by atoms with E-state index in [4.69, 9.17) is 0 Å². The summed E-state index contributed by atoms with van der Waals surface area (Å²) >= 11 is 0. The molecule has 5 heteroatoms. The first-order valence-corrected chi connectivity index (χ1v) is 10.7. The van der Waals surface area contributed by atoms with Crippen LogP contribution in [0.1, 0.15) is 22.5 Å². The molecule has 1 aliphatic rings. The fourth-order valence-corrected chi connectivity index (χ4v) is 4.39. The molecule has 158 valence electrons. The molecule has 0 aliphatic carbocycles. The van der Waals surface area contributed by atoms with Gasteiger partial charge in [0.15, 0.2) is 0 Å². The van der Waals surface area contributed by atoms with E-state index in [1.54, 1.807) is 0 Å². The van der Waals surface area contributed by atoms with Gasteiger partial charge in [-0.3, -0.25) is 9.69 Å². The first kappa shape index (κ1) is 19.9. The Balaban J connectivity index is 1.41. The van der Waals surface area contributed by atoms with Crippen LogP contribution in [0.5, 0.6) is 0 Å². The van der Waals surface area contributed by atoms with Crippen LogP contribution >= 0.6 is 0 Å². The molecule has 3 amide bonds. The summed E-state index contributed by atoms with van der Waals surface area (Å²) in [5.41, 5.74) is 5.39. The van der Waals surface area contributed by atoms with E-state index in [1.165, 1.54) is 15.7 Å². The predicted molar refractivity (Wildman–Crippen MR) is 126 cm³/mol. The van der Waals surface area contributed by atoms with Crippen molar-refractivity contribution in [1.29, 1.82) is 0 Å². The summed E-state index contributed by atoms with van der Waals surface area (Å²) in [5, 5.41) is 2.37. The molecule has 2 heterocycles. The van der Waals surface area contributed by atoms with Crippen LogP contribution in [0.3, 0.4) is 0 Å². The Labute approximate surface area is 186 Å². The first-order valence-electron chi connectivity index (χ1n) is 10.7. The van der Waals surface area contributed by atoms with Crippen LogP contribution in [0.25, 0.3) is 16.5 Å². The molecule has 0 radical (unpaired) electrons. The predicted octanol–water partition coefficient (Wildman–Crippen LogP) is 5.39. The average molecular weight is 422 g/mol. The van der Waals surface area contributed by atoms with Crippen molar-refractivity contribution in [2.75, 3.05) is 0 Å². The molecule has 5 rings (SSSR count). The summed E-state index contributed by atoms with van der Waals surface area (Å²) in [5.74, 6) is -0.311. The lowest BCUT2D eigenvalue weighted by Gasteiger charge is -2.13. The lowest BCUT2D eigenvalue weighted by atomic mass is 10.1. The van der Waals surface area contributed by atoms with E-state index in [9.17, 15) is 9.59 Å². The number of urea groups is 1. The van der Waals surface area contributed by atoms with Gasteiger partial charge in [0.2, 0.25) is 0 Å². The van der Waals surface area contributed by atoms with Crippen LogP contribution in [-0.4, -0.2) is 27.1 Å². The Morgan fingerprint density at radius 1 is 0.812 bits per heavy atom. The summed E-state index contributed by atoms with van der Waals surface area (Å²) in [6.45, 7) is 4.33. The first-order chi connectivity index (χ1) is 15.5. The van der Waals surface area contributed by atoms with Crippen LogP contribution in [0, 0.1) is 13.8 Å². The van der Waals surface area contributed by atoms with E-state index in [-0.39, 0.29) is 12.5 Å². The third-order valence-corrected chi connectivity index (χ3v) is 6.02. The highest BCUT2D eigenvalue weighted by molar-refractivity contribution is 6.46. The fraction of sp³-hybridized carbons (Fsp3) is 0.148. The van der Waals surface area contributed by atoms with Crippen molar-refractivity contribution in [3.05, 3.63) is 101 Å². The maximum atomic E-state index is 12.9. The number of fused-ring (bicyclic) bond motifs is 1. The zero-order valence-corrected chi connectivity index (χ0v) is 18.1. The van der Waals surface area contributed by atoms with Gasteiger partial charge >= 0.3 is 6.03 Å². The van der Waals surface area contributed by atoms with Gasteiger partial charge < -0.3 is 4.57 Å². The molecule has 32 heavy (non-hydrogen) atoms. The summed E-state index contributed by atoms with van der Waals surface area (Å²) in [6, 6.07) is 25.7. The van der Waals surface area contributed by atoms with Gasteiger partial charge in [-0.1, -0.05) is 60.7 Å². The summed E-state index contributed by atoms with van der Waals surface area (Å²) in [4.78, 5) is 30.6. The van der Waals surface area contributed by atoms with Crippen molar-refractivity contribution < 1.29 is 9.59 Å². The Bertz CT molecular complexity index is 1380.